The molecule has 1 aromatic heterocycles. The van der Waals surface area contributed by atoms with E-state index in [1.165, 1.54) is 4.88 Å². The van der Waals surface area contributed by atoms with Gasteiger partial charge in [0.1, 0.15) is 10.8 Å². The molecule has 0 amide bonds. The first kappa shape index (κ1) is 12.6. The van der Waals surface area contributed by atoms with Crippen LogP contribution in [0.2, 0.25) is 0 Å². The van der Waals surface area contributed by atoms with Crippen molar-refractivity contribution in [2.45, 2.75) is 6.92 Å². The summed E-state index contributed by atoms with van der Waals surface area (Å²) in [6.07, 6.45) is 5.92. The van der Waals surface area contributed by atoms with Crippen molar-refractivity contribution in [3.05, 3.63) is 39.8 Å². The Balaban J connectivity index is 2.35. The number of methoxy groups -OCH3 is 1. The Bertz CT molecular complexity index is 538. The number of rotatable bonds is 4. The number of thiazole rings is 1. The summed E-state index contributed by atoms with van der Waals surface area (Å²) in [6, 6.07) is 5.94. The van der Waals surface area contributed by atoms with Gasteiger partial charge in [-0.3, -0.25) is 0 Å². The van der Waals surface area contributed by atoms with Gasteiger partial charge in [-0.2, -0.15) is 0 Å². The fraction of sp³-hybridized carbons (Fsp3) is 0.214. The maximum atomic E-state index is 5.37. The molecule has 4 heteroatoms. The molecule has 0 atom stereocenters. The van der Waals surface area contributed by atoms with Crippen LogP contribution in [0.15, 0.2) is 24.4 Å². The van der Waals surface area contributed by atoms with E-state index in [4.69, 9.17) is 4.74 Å². The third-order valence-electron chi connectivity index (χ3n) is 2.59. The van der Waals surface area contributed by atoms with Gasteiger partial charge in [-0.25, -0.2) is 4.98 Å². The molecule has 0 aliphatic carbocycles. The van der Waals surface area contributed by atoms with E-state index in [2.05, 4.69) is 17.2 Å². The lowest BCUT2D eigenvalue weighted by molar-refractivity contribution is 0.414. The number of nitrogens with zero attached hydrogens (tertiary/aromatic N) is 1. The minimum Gasteiger partial charge on any atom is -0.496 e. The molecule has 18 heavy (non-hydrogen) atoms. The molecule has 0 fully saturated rings. The first-order chi connectivity index (χ1) is 8.74. The highest BCUT2D eigenvalue weighted by Crippen LogP contribution is 2.28. The minimum atomic E-state index is 0.853. The second-order valence-electron chi connectivity index (χ2n) is 3.81. The minimum absolute atomic E-state index is 0.853. The number of ether oxygens (including phenoxy) is 1. The summed E-state index contributed by atoms with van der Waals surface area (Å²) in [5, 5.41) is 4.16. The molecule has 0 saturated heterocycles. The quantitative estimate of drug-likeness (QED) is 0.910. The molecule has 3 nitrogen and oxygen atoms in total. The summed E-state index contributed by atoms with van der Waals surface area (Å²) in [6.45, 7) is 2.05. The third-order valence-corrected chi connectivity index (χ3v) is 3.47. The predicted molar refractivity (Wildman–Crippen MR) is 78.3 cm³/mol. The second-order valence-corrected chi connectivity index (χ2v) is 5.08. The lowest BCUT2D eigenvalue weighted by Gasteiger charge is -2.09. The Morgan fingerprint density at radius 1 is 1.33 bits per heavy atom. The molecular formula is C14H16N2OS. The van der Waals surface area contributed by atoms with Gasteiger partial charge in [0, 0.05) is 29.4 Å². The number of aromatic nitrogens is 1. The maximum Gasteiger partial charge on any atom is 0.128 e. The van der Waals surface area contributed by atoms with Crippen molar-refractivity contribution in [2.24, 2.45) is 0 Å². The Hall–Kier alpha value is -1.81. The van der Waals surface area contributed by atoms with Crippen LogP contribution >= 0.6 is 11.3 Å². The van der Waals surface area contributed by atoms with Crippen LogP contribution in [0.5, 0.6) is 5.75 Å². The molecular weight excluding hydrogens is 244 g/mol. The molecule has 94 valence electrons. The first-order valence-corrected chi connectivity index (χ1v) is 6.51. The van der Waals surface area contributed by atoms with Crippen LogP contribution in [0.25, 0.3) is 12.2 Å². The van der Waals surface area contributed by atoms with Gasteiger partial charge in [-0.1, -0.05) is 6.07 Å². The van der Waals surface area contributed by atoms with Crippen molar-refractivity contribution in [2.75, 3.05) is 19.5 Å². The highest BCUT2D eigenvalue weighted by Gasteiger charge is 2.04. The third kappa shape index (κ3) is 2.71. The van der Waals surface area contributed by atoms with Crippen molar-refractivity contribution in [3.63, 3.8) is 0 Å². The molecule has 0 aliphatic rings. The zero-order valence-corrected chi connectivity index (χ0v) is 11.5. The molecule has 0 aliphatic heterocycles. The Morgan fingerprint density at radius 3 is 2.78 bits per heavy atom. The van der Waals surface area contributed by atoms with Crippen molar-refractivity contribution >= 4 is 29.2 Å². The summed E-state index contributed by atoms with van der Waals surface area (Å²) < 4.78 is 5.37. The van der Waals surface area contributed by atoms with E-state index >= 15 is 0 Å². The van der Waals surface area contributed by atoms with Crippen LogP contribution in [0.4, 0.5) is 5.69 Å². The van der Waals surface area contributed by atoms with Crippen LogP contribution in [0.3, 0.4) is 0 Å². The van der Waals surface area contributed by atoms with Crippen LogP contribution in [-0.2, 0) is 0 Å². The Morgan fingerprint density at radius 2 is 2.17 bits per heavy atom. The van der Waals surface area contributed by atoms with Gasteiger partial charge < -0.3 is 10.1 Å². The Labute approximate surface area is 111 Å². The monoisotopic (exact) mass is 260 g/mol. The van der Waals surface area contributed by atoms with Gasteiger partial charge in [0.05, 0.1) is 7.11 Å². The summed E-state index contributed by atoms with van der Waals surface area (Å²) in [5.41, 5.74) is 2.08. The van der Waals surface area contributed by atoms with Crippen molar-refractivity contribution in [1.82, 2.24) is 4.98 Å². The van der Waals surface area contributed by atoms with Crippen molar-refractivity contribution in [1.29, 1.82) is 0 Å². The van der Waals surface area contributed by atoms with E-state index in [1.807, 2.05) is 43.6 Å². The lowest BCUT2D eigenvalue weighted by atomic mass is 10.1. The zero-order valence-electron chi connectivity index (χ0n) is 10.7. The predicted octanol–water partition coefficient (Wildman–Crippen LogP) is 3.67. The zero-order chi connectivity index (χ0) is 13.0. The summed E-state index contributed by atoms with van der Waals surface area (Å²) in [4.78, 5) is 5.52. The van der Waals surface area contributed by atoms with Crippen LogP contribution in [-0.4, -0.2) is 19.1 Å². The average molecular weight is 260 g/mol. The summed E-state index contributed by atoms with van der Waals surface area (Å²) in [5.74, 6) is 0.853. The molecule has 0 saturated carbocycles. The average Bonchev–Trinajstić information content (AvgIpc) is 2.81. The van der Waals surface area contributed by atoms with Crippen molar-refractivity contribution < 1.29 is 4.74 Å². The molecule has 2 aromatic rings. The molecule has 0 unspecified atom stereocenters. The SMILES string of the molecule is CNc1cccc(OC)c1/C=C/c1ncc(C)s1. The van der Waals surface area contributed by atoms with E-state index < -0.39 is 0 Å². The van der Waals surface area contributed by atoms with E-state index in [9.17, 15) is 0 Å². The summed E-state index contributed by atoms with van der Waals surface area (Å²) >= 11 is 1.67. The largest absolute Gasteiger partial charge is 0.496 e. The van der Waals surface area contributed by atoms with Crippen LogP contribution in [0, 0.1) is 6.92 Å². The van der Waals surface area contributed by atoms with E-state index in [-0.39, 0.29) is 0 Å². The van der Waals surface area contributed by atoms with Crippen molar-refractivity contribution in [3.8, 4) is 5.75 Å². The lowest BCUT2D eigenvalue weighted by Crippen LogP contribution is -1.94. The first-order valence-electron chi connectivity index (χ1n) is 5.70. The van der Waals surface area contributed by atoms with E-state index in [1.54, 1.807) is 18.4 Å². The second kappa shape index (κ2) is 5.69. The van der Waals surface area contributed by atoms with Gasteiger partial charge in [0.2, 0.25) is 0 Å². The molecule has 1 aromatic carbocycles. The van der Waals surface area contributed by atoms with Gasteiger partial charge in [0.25, 0.3) is 0 Å². The standard InChI is InChI=1S/C14H16N2OS/c1-10-9-16-14(18-10)8-7-11-12(15-2)5-4-6-13(11)17-3/h4-9,15H,1-3H3/b8-7+. The van der Waals surface area contributed by atoms with Gasteiger partial charge in [-0.05, 0) is 31.2 Å². The topological polar surface area (TPSA) is 34.1 Å². The van der Waals surface area contributed by atoms with Crippen LogP contribution in [0.1, 0.15) is 15.4 Å². The fourth-order valence-corrected chi connectivity index (χ4v) is 2.39. The van der Waals surface area contributed by atoms with E-state index in [0.717, 1.165) is 22.0 Å². The molecule has 2 rings (SSSR count). The number of aryl methyl sites for hydroxylation is 1. The fourth-order valence-electron chi connectivity index (χ4n) is 1.72. The summed E-state index contributed by atoms with van der Waals surface area (Å²) in [7, 11) is 3.58. The molecule has 0 radical (unpaired) electrons. The molecule has 1 heterocycles. The molecule has 0 bridgehead atoms. The highest BCUT2D eigenvalue weighted by atomic mass is 32.1. The maximum absolute atomic E-state index is 5.37. The van der Waals surface area contributed by atoms with Gasteiger partial charge in [-0.15, -0.1) is 11.3 Å². The van der Waals surface area contributed by atoms with Crippen LogP contribution < -0.4 is 10.1 Å². The number of hydrogen-bond donors (Lipinski definition) is 1. The molecule has 1 N–H and O–H groups in total. The normalized spacial score (nSPS) is 10.8. The number of hydrogen-bond acceptors (Lipinski definition) is 4. The number of benzene rings is 1. The van der Waals surface area contributed by atoms with Gasteiger partial charge in [0.15, 0.2) is 0 Å². The highest BCUT2D eigenvalue weighted by molar-refractivity contribution is 7.12. The van der Waals surface area contributed by atoms with Gasteiger partial charge >= 0.3 is 0 Å². The Kier molecular flexibility index (Phi) is 3.99. The molecule has 0 spiro atoms. The smallest absolute Gasteiger partial charge is 0.128 e. The number of nitrogens with one attached hydrogen (secondary N) is 1. The number of anilines is 1. The van der Waals surface area contributed by atoms with E-state index in [0.29, 0.717) is 0 Å².